The molecule has 1 atom stereocenters. The van der Waals surface area contributed by atoms with E-state index in [1.165, 1.54) is 15.9 Å². The number of fused-ring (bicyclic) bond motifs is 1. The van der Waals surface area contributed by atoms with Crippen LogP contribution in [0.25, 0.3) is 6.08 Å². The Bertz CT molecular complexity index is 1590. The number of carbonyl (C=O) groups is 1. The lowest BCUT2D eigenvalue weighted by molar-refractivity contribution is -0.139. The fraction of sp³-hybridized carbons (Fsp3) is 0.276. The van der Waals surface area contributed by atoms with Crippen molar-refractivity contribution in [1.29, 1.82) is 0 Å². The number of methoxy groups -OCH3 is 1. The fourth-order valence-electron chi connectivity index (χ4n) is 4.18. The molecule has 1 aliphatic heterocycles. The number of terminal acetylenes is 1. The molecule has 9 heteroatoms. The number of thiazole rings is 1. The largest absolute Gasteiger partial charge is 0.493 e. The fourth-order valence-corrected chi connectivity index (χ4v) is 5.22. The summed E-state index contributed by atoms with van der Waals surface area (Å²) in [6, 6.07) is 11.9. The second-order valence-corrected chi connectivity index (χ2v) is 9.22. The SMILES string of the molecule is C#CCOc1ccc(/C=c2\sc3n(c2=O)[C@H](c2ccc(OC)c(OCC)c2)C(C(=O)OCC)=C(C)N=3)cc1. The first-order chi connectivity index (χ1) is 18.4. The van der Waals surface area contributed by atoms with Crippen LogP contribution in [0, 0.1) is 12.3 Å². The molecular weight excluding hydrogens is 504 g/mol. The Morgan fingerprint density at radius 1 is 1.13 bits per heavy atom. The first-order valence-corrected chi connectivity index (χ1v) is 12.9. The van der Waals surface area contributed by atoms with E-state index in [1.54, 1.807) is 51.3 Å². The molecule has 3 aromatic rings. The van der Waals surface area contributed by atoms with E-state index in [4.69, 9.17) is 25.4 Å². The molecule has 0 unspecified atom stereocenters. The molecule has 38 heavy (non-hydrogen) atoms. The van der Waals surface area contributed by atoms with Gasteiger partial charge in [-0.15, -0.1) is 6.42 Å². The number of benzene rings is 2. The molecule has 0 N–H and O–H groups in total. The third kappa shape index (κ3) is 5.36. The van der Waals surface area contributed by atoms with Crippen LogP contribution in [-0.2, 0) is 9.53 Å². The number of rotatable bonds is 9. The van der Waals surface area contributed by atoms with Crippen LogP contribution < -0.4 is 29.1 Å². The van der Waals surface area contributed by atoms with E-state index in [1.807, 2.05) is 25.1 Å². The standard InChI is InChI=1S/C29H28N2O6S/c1-6-15-37-21-12-9-19(10-13-21)16-24-27(32)31-26(20-11-14-22(34-5)23(17-20)35-7-2)25(28(33)36-8-3)18(4)30-29(31)38-24/h1,9-14,16-17,26H,7-8,15H2,2-5H3/b24-16-/t26-/m1/s1. The number of hydrogen-bond acceptors (Lipinski definition) is 8. The summed E-state index contributed by atoms with van der Waals surface area (Å²) in [4.78, 5) is 32.0. The zero-order valence-electron chi connectivity index (χ0n) is 21.6. The maximum atomic E-state index is 13.8. The third-order valence-corrected chi connectivity index (χ3v) is 6.80. The number of hydrogen-bond donors (Lipinski definition) is 0. The lowest BCUT2D eigenvalue weighted by Gasteiger charge is -2.25. The van der Waals surface area contributed by atoms with Gasteiger partial charge in [-0.2, -0.15) is 0 Å². The van der Waals surface area contributed by atoms with Crippen LogP contribution in [0.4, 0.5) is 0 Å². The van der Waals surface area contributed by atoms with Crippen molar-refractivity contribution >= 4 is 23.4 Å². The molecule has 0 fully saturated rings. The number of carbonyl (C=O) groups excluding carboxylic acids is 1. The second kappa shape index (κ2) is 11.8. The number of nitrogens with zero attached hydrogens (tertiary/aromatic N) is 2. The van der Waals surface area contributed by atoms with E-state index in [0.717, 1.165) is 5.56 Å². The van der Waals surface area contributed by atoms with E-state index >= 15 is 0 Å². The summed E-state index contributed by atoms with van der Waals surface area (Å²) >= 11 is 1.25. The lowest BCUT2D eigenvalue weighted by atomic mass is 9.95. The Morgan fingerprint density at radius 2 is 1.89 bits per heavy atom. The van der Waals surface area contributed by atoms with Gasteiger partial charge in [0, 0.05) is 0 Å². The minimum atomic E-state index is -0.753. The Hall–Kier alpha value is -4.29. The summed E-state index contributed by atoms with van der Waals surface area (Å²) in [5, 5.41) is 0. The van der Waals surface area contributed by atoms with Gasteiger partial charge >= 0.3 is 5.97 Å². The molecule has 1 aliphatic rings. The Kier molecular flexibility index (Phi) is 8.34. The minimum absolute atomic E-state index is 0.177. The Balaban J connectivity index is 1.88. The van der Waals surface area contributed by atoms with Gasteiger partial charge in [-0.25, -0.2) is 9.79 Å². The van der Waals surface area contributed by atoms with Gasteiger partial charge in [0.25, 0.3) is 5.56 Å². The summed E-state index contributed by atoms with van der Waals surface area (Å²) in [5.74, 6) is 3.61. The summed E-state index contributed by atoms with van der Waals surface area (Å²) in [7, 11) is 1.56. The van der Waals surface area contributed by atoms with Crippen LogP contribution in [0.5, 0.6) is 17.2 Å². The zero-order valence-corrected chi connectivity index (χ0v) is 22.5. The van der Waals surface area contributed by atoms with Crippen molar-refractivity contribution in [3.05, 3.63) is 84.5 Å². The van der Waals surface area contributed by atoms with Gasteiger partial charge in [-0.05, 0) is 62.2 Å². The van der Waals surface area contributed by atoms with Gasteiger partial charge in [0.2, 0.25) is 0 Å². The number of ether oxygens (including phenoxy) is 4. The average molecular weight is 533 g/mol. The molecule has 1 aromatic heterocycles. The maximum Gasteiger partial charge on any atom is 0.338 e. The number of aromatic nitrogens is 1. The Morgan fingerprint density at radius 3 is 2.55 bits per heavy atom. The predicted molar refractivity (Wildman–Crippen MR) is 145 cm³/mol. The van der Waals surface area contributed by atoms with Crippen LogP contribution in [-0.4, -0.2) is 37.5 Å². The lowest BCUT2D eigenvalue weighted by Crippen LogP contribution is -2.40. The van der Waals surface area contributed by atoms with Gasteiger partial charge < -0.3 is 18.9 Å². The number of esters is 1. The van der Waals surface area contributed by atoms with E-state index < -0.39 is 12.0 Å². The molecule has 4 rings (SSSR count). The molecule has 2 heterocycles. The molecule has 0 saturated heterocycles. The van der Waals surface area contributed by atoms with Crippen molar-refractivity contribution in [2.75, 3.05) is 26.9 Å². The van der Waals surface area contributed by atoms with E-state index in [2.05, 4.69) is 10.9 Å². The normalized spacial score (nSPS) is 14.8. The molecule has 2 aromatic carbocycles. The van der Waals surface area contributed by atoms with E-state index in [0.29, 0.717) is 50.0 Å². The summed E-state index contributed by atoms with van der Waals surface area (Å²) in [6.07, 6.45) is 7.03. The van der Waals surface area contributed by atoms with Crippen LogP contribution in [0.1, 0.15) is 37.9 Å². The van der Waals surface area contributed by atoms with Crippen molar-refractivity contribution in [3.63, 3.8) is 0 Å². The Labute approximate surface area is 224 Å². The van der Waals surface area contributed by atoms with Crippen molar-refractivity contribution < 1.29 is 23.7 Å². The highest BCUT2D eigenvalue weighted by Gasteiger charge is 2.34. The summed E-state index contributed by atoms with van der Waals surface area (Å²) in [5.41, 5.74) is 2.01. The number of allylic oxidation sites excluding steroid dienone is 1. The van der Waals surface area contributed by atoms with Crippen molar-refractivity contribution in [2.45, 2.75) is 26.8 Å². The molecular formula is C29H28N2O6S. The van der Waals surface area contributed by atoms with Crippen molar-refractivity contribution in [3.8, 4) is 29.6 Å². The molecule has 196 valence electrons. The monoisotopic (exact) mass is 532 g/mol. The maximum absolute atomic E-state index is 13.8. The van der Waals surface area contributed by atoms with Crippen molar-refractivity contribution in [1.82, 2.24) is 4.57 Å². The molecule has 0 spiro atoms. The smallest absolute Gasteiger partial charge is 0.338 e. The van der Waals surface area contributed by atoms with Crippen LogP contribution in [0.3, 0.4) is 0 Å². The van der Waals surface area contributed by atoms with Gasteiger partial charge in [0.05, 0.1) is 42.2 Å². The summed E-state index contributed by atoms with van der Waals surface area (Å²) in [6.45, 7) is 6.16. The highest BCUT2D eigenvalue weighted by molar-refractivity contribution is 7.07. The predicted octanol–water partition coefficient (Wildman–Crippen LogP) is 3.22. The van der Waals surface area contributed by atoms with Gasteiger partial charge in [-0.1, -0.05) is 35.5 Å². The van der Waals surface area contributed by atoms with Crippen LogP contribution in [0.2, 0.25) is 0 Å². The van der Waals surface area contributed by atoms with Gasteiger partial charge in [0.15, 0.2) is 16.3 Å². The van der Waals surface area contributed by atoms with Crippen molar-refractivity contribution in [2.24, 2.45) is 4.99 Å². The molecule has 8 nitrogen and oxygen atoms in total. The van der Waals surface area contributed by atoms with Gasteiger partial charge in [0.1, 0.15) is 12.4 Å². The van der Waals surface area contributed by atoms with Crippen LogP contribution in [0.15, 0.2) is 63.5 Å². The minimum Gasteiger partial charge on any atom is -0.493 e. The first kappa shape index (κ1) is 26.8. The van der Waals surface area contributed by atoms with Gasteiger partial charge in [-0.3, -0.25) is 9.36 Å². The van der Waals surface area contributed by atoms with E-state index in [-0.39, 0.29) is 18.8 Å². The average Bonchev–Trinajstić information content (AvgIpc) is 3.21. The zero-order chi connectivity index (χ0) is 27.2. The highest BCUT2D eigenvalue weighted by atomic mass is 32.1. The third-order valence-electron chi connectivity index (χ3n) is 5.82. The molecule has 0 radical (unpaired) electrons. The molecule has 0 saturated carbocycles. The first-order valence-electron chi connectivity index (χ1n) is 12.1. The topological polar surface area (TPSA) is 88.3 Å². The highest BCUT2D eigenvalue weighted by Crippen LogP contribution is 2.36. The second-order valence-electron chi connectivity index (χ2n) is 8.21. The molecule has 0 aliphatic carbocycles. The molecule has 0 bridgehead atoms. The molecule has 0 amide bonds. The summed E-state index contributed by atoms with van der Waals surface area (Å²) < 4.78 is 24.0. The quantitative estimate of drug-likeness (QED) is 0.311. The van der Waals surface area contributed by atoms with E-state index in [9.17, 15) is 9.59 Å². The van der Waals surface area contributed by atoms with Crippen LogP contribution >= 0.6 is 11.3 Å².